The van der Waals surface area contributed by atoms with Gasteiger partial charge in [0, 0.05) is 27.1 Å². The molecule has 3 heterocycles. The Morgan fingerprint density at radius 2 is 1.61 bits per heavy atom. The molecule has 1 amide bonds. The molecule has 46 heavy (non-hydrogen) atoms. The van der Waals surface area contributed by atoms with Crippen molar-refractivity contribution >= 4 is 57.4 Å². The number of nitrogens with one attached hydrogen (secondary N) is 1. The summed E-state index contributed by atoms with van der Waals surface area (Å²) in [5, 5.41) is 34.5. The molecule has 0 bridgehead atoms. The predicted molar refractivity (Wildman–Crippen MR) is 179 cm³/mol. The highest BCUT2D eigenvalue weighted by Crippen LogP contribution is 2.43. The molecule has 0 saturated heterocycles. The first-order chi connectivity index (χ1) is 22.4. The van der Waals surface area contributed by atoms with Crippen molar-refractivity contribution in [1.29, 1.82) is 10.5 Å². The quantitative estimate of drug-likeness (QED) is 0.143. The number of carboxylic acid groups (broad SMARTS) is 1. The molecule has 1 atom stereocenters. The minimum atomic E-state index is -1.05. The number of hydrogen-bond donors (Lipinski definition) is 3. The van der Waals surface area contributed by atoms with Gasteiger partial charge in [-0.3, -0.25) is 4.79 Å². The van der Waals surface area contributed by atoms with Crippen LogP contribution in [0.15, 0.2) is 107 Å². The molecule has 1 unspecified atom stereocenters. The van der Waals surface area contributed by atoms with E-state index in [2.05, 4.69) is 27.4 Å². The topological polar surface area (TPSA) is 166 Å². The molecule has 0 spiro atoms. The van der Waals surface area contributed by atoms with Gasteiger partial charge in [0.1, 0.15) is 33.8 Å². The summed E-state index contributed by atoms with van der Waals surface area (Å²) in [4.78, 5) is 35.5. The Morgan fingerprint density at radius 3 is 2.28 bits per heavy atom. The number of para-hydroxylation sites is 1. The second-order valence-electron chi connectivity index (χ2n) is 9.98. The molecule has 0 aliphatic carbocycles. The maximum Gasteiger partial charge on any atom is 0.336 e. The maximum absolute atomic E-state index is 13.9. The molecule has 222 valence electrons. The smallest absolute Gasteiger partial charge is 0.336 e. The van der Waals surface area contributed by atoms with Crippen molar-refractivity contribution in [3.8, 4) is 33.8 Å². The SMILES string of the molecule is N#Cc1c(N)nc(SC(C(=O)Nc2ccc(-c3cc(C(=O)O)c4ccccc4n3)cc2)c2ccccc2)c(C#N)c1-c1cccs1. The lowest BCUT2D eigenvalue weighted by molar-refractivity contribution is -0.115. The number of nitrogen functional groups attached to an aromatic ring is 1. The van der Waals surface area contributed by atoms with Gasteiger partial charge in [0.2, 0.25) is 5.91 Å². The van der Waals surface area contributed by atoms with Crippen LogP contribution in [0.1, 0.15) is 32.3 Å². The van der Waals surface area contributed by atoms with Crippen LogP contribution in [-0.2, 0) is 4.79 Å². The lowest BCUT2D eigenvalue weighted by Gasteiger charge is -2.19. The van der Waals surface area contributed by atoms with Crippen LogP contribution in [0.4, 0.5) is 11.5 Å². The van der Waals surface area contributed by atoms with Gasteiger partial charge in [-0.15, -0.1) is 11.3 Å². The molecule has 0 fully saturated rings. The number of hydrogen-bond acceptors (Lipinski definition) is 9. The summed E-state index contributed by atoms with van der Waals surface area (Å²) in [7, 11) is 0. The number of rotatable bonds is 8. The van der Waals surface area contributed by atoms with Crippen LogP contribution in [0.5, 0.6) is 0 Å². The van der Waals surface area contributed by atoms with E-state index in [-0.39, 0.29) is 33.4 Å². The zero-order valence-electron chi connectivity index (χ0n) is 23.8. The molecule has 0 aliphatic heterocycles. The van der Waals surface area contributed by atoms with Crippen LogP contribution in [0.3, 0.4) is 0 Å². The first-order valence-electron chi connectivity index (χ1n) is 13.8. The number of carbonyl (C=O) groups is 2. The van der Waals surface area contributed by atoms with Crippen molar-refractivity contribution in [3.63, 3.8) is 0 Å². The summed E-state index contributed by atoms with van der Waals surface area (Å²) in [6.45, 7) is 0. The number of fused-ring (bicyclic) bond motifs is 1. The number of nitriles is 2. The highest BCUT2D eigenvalue weighted by atomic mass is 32.2. The fourth-order valence-corrected chi connectivity index (χ4v) is 6.88. The van der Waals surface area contributed by atoms with Gasteiger partial charge in [0.15, 0.2) is 0 Å². The standard InChI is InChI=1S/C35H22N6O3S2/c36-18-25-30(29-11-6-16-45-29)26(19-37)34(41-32(25)38)46-31(21-7-2-1-3-8-21)33(42)39-22-14-12-20(13-15-22)28-17-24(35(43)44)23-9-4-5-10-27(23)40-28/h1-17,31H,(H2,38,41)(H,39,42)(H,43,44). The third-order valence-corrected chi connectivity index (χ3v) is 9.28. The van der Waals surface area contributed by atoms with Gasteiger partial charge >= 0.3 is 5.97 Å². The molecule has 3 aromatic heterocycles. The molecule has 9 nitrogen and oxygen atoms in total. The number of pyridine rings is 2. The molecule has 0 saturated carbocycles. The first kappa shape index (κ1) is 30.0. The van der Waals surface area contributed by atoms with Crippen LogP contribution in [0, 0.1) is 22.7 Å². The summed E-state index contributed by atoms with van der Waals surface area (Å²) in [5.74, 6) is -1.44. The number of thiophene rings is 1. The van der Waals surface area contributed by atoms with E-state index >= 15 is 0 Å². The van der Waals surface area contributed by atoms with Crippen LogP contribution in [0.25, 0.3) is 32.6 Å². The highest BCUT2D eigenvalue weighted by molar-refractivity contribution is 8.00. The van der Waals surface area contributed by atoms with E-state index in [1.807, 2.05) is 41.8 Å². The Morgan fingerprint density at radius 1 is 0.891 bits per heavy atom. The number of aromatic nitrogens is 2. The Labute approximate surface area is 271 Å². The lowest BCUT2D eigenvalue weighted by Crippen LogP contribution is -2.19. The van der Waals surface area contributed by atoms with Crippen molar-refractivity contribution in [2.24, 2.45) is 0 Å². The molecule has 0 radical (unpaired) electrons. The molecule has 6 rings (SSSR count). The third-order valence-electron chi connectivity index (χ3n) is 7.15. The van der Waals surface area contributed by atoms with E-state index in [9.17, 15) is 25.2 Å². The number of benzene rings is 3. The van der Waals surface area contributed by atoms with E-state index in [0.29, 0.717) is 43.9 Å². The van der Waals surface area contributed by atoms with Gasteiger partial charge < -0.3 is 16.2 Å². The normalized spacial score (nSPS) is 11.3. The molecular formula is C35H22N6O3S2. The summed E-state index contributed by atoms with van der Waals surface area (Å²) in [6.07, 6.45) is 0. The number of aromatic carboxylic acids is 1. The molecule has 3 aromatic carbocycles. The zero-order valence-corrected chi connectivity index (χ0v) is 25.5. The summed E-state index contributed by atoms with van der Waals surface area (Å²) in [6, 6.07) is 32.5. The largest absolute Gasteiger partial charge is 0.478 e. The number of nitrogens with zero attached hydrogens (tertiary/aromatic N) is 4. The number of anilines is 2. The van der Waals surface area contributed by atoms with Gasteiger partial charge in [0.25, 0.3) is 0 Å². The molecule has 0 aliphatic rings. The molecular weight excluding hydrogens is 617 g/mol. The average Bonchev–Trinajstić information content (AvgIpc) is 3.62. The number of carboxylic acids is 1. The van der Waals surface area contributed by atoms with Gasteiger partial charge in [-0.1, -0.05) is 78.5 Å². The second-order valence-corrected chi connectivity index (χ2v) is 12.0. The summed E-state index contributed by atoms with van der Waals surface area (Å²) >= 11 is 2.44. The predicted octanol–water partition coefficient (Wildman–Crippen LogP) is 7.52. The average molecular weight is 639 g/mol. The first-order valence-corrected chi connectivity index (χ1v) is 15.6. The van der Waals surface area contributed by atoms with Crippen molar-refractivity contribution in [1.82, 2.24) is 9.97 Å². The molecule has 6 aromatic rings. The number of amides is 1. The van der Waals surface area contributed by atoms with Crippen LogP contribution < -0.4 is 11.1 Å². The van der Waals surface area contributed by atoms with Crippen LogP contribution in [0.2, 0.25) is 0 Å². The van der Waals surface area contributed by atoms with E-state index in [4.69, 9.17) is 5.73 Å². The molecule has 11 heteroatoms. The second kappa shape index (κ2) is 12.9. The number of carbonyl (C=O) groups excluding carboxylic acids is 1. The van der Waals surface area contributed by atoms with E-state index < -0.39 is 11.2 Å². The molecule has 4 N–H and O–H groups in total. The highest BCUT2D eigenvalue weighted by Gasteiger charge is 2.28. The van der Waals surface area contributed by atoms with E-state index in [1.54, 1.807) is 54.6 Å². The Hall–Kier alpha value is -6.01. The summed E-state index contributed by atoms with van der Waals surface area (Å²) < 4.78 is 0. The fourth-order valence-electron chi connectivity index (χ4n) is 5.00. The van der Waals surface area contributed by atoms with E-state index in [0.717, 1.165) is 11.8 Å². The Balaban J connectivity index is 1.33. The van der Waals surface area contributed by atoms with Crippen molar-refractivity contribution < 1.29 is 14.7 Å². The number of thioether (sulfide) groups is 1. The van der Waals surface area contributed by atoms with Crippen molar-refractivity contribution in [2.75, 3.05) is 11.1 Å². The third kappa shape index (κ3) is 5.88. The number of nitrogens with two attached hydrogens (primary N) is 1. The van der Waals surface area contributed by atoms with Gasteiger partial charge in [0.05, 0.1) is 22.3 Å². The van der Waals surface area contributed by atoms with Crippen molar-refractivity contribution in [3.05, 3.63) is 125 Å². The fraction of sp³-hybridized carbons (Fsp3) is 0.0286. The van der Waals surface area contributed by atoms with Gasteiger partial charge in [-0.25, -0.2) is 14.8 Å². The summed E-state index contributed by atoms with van der Waals surface area (Å²) in [5.41, 5.74) is 9.93. The van der Waals surface area contributed by atoms with Crippen LogP contribution >= 0.6 is 23.1 Å². The Kier molecular flexibility index (Phi) is 8.44. The van der Waals surface area contributed by atoms with Gasteiger partial charge in [-0.05, 0) is 41.3 Å². The Bertz CT molecular complexity index is 2190. The monoisotopic (exact) mass is 638 g/mol. The lowest BCUT2D eigenvalue weighted by atomic mass is 10.0. The minimum Gasteiger partial charge on any atom is -0.478 e. The van der Waals surface area contributed by atoms with Crippen molar-refractivity contribution in [2.45, 2.75) is 10.3 Å². The van der Waals surface area contributed by atoms with E-state index in [1.165, 1.54) is 17.4 Å². The van der Waals surface area contributed by atoms with Crippen LogP contribution in [-0.4, -0.2) is 27.0 Å². The maximum atomic E-state index is 13.9. The minimum absolute atomic E-state index is 0.0245. The van der Waals surface area contributed by atoms with Gasteiger partial charge in [-0.2, -0.15) is 10.5 Å². The zero-order chi connectivity index (χ0) is 32.2.